The number of halogens is 1. The van der Waals surface area contributed by atoms with E-state index >= 15 is 0 Å². The molecule has 1 aliphatic heterocycles. The number of hydrogen-bond acceptors (Lipinski definition) is 3. The first-order valence-corrected chi connectivity index (χ1v) is 7.60. The van der Waals surface area contributed by atoms with E-state index in [1.807, 2.05) is 18.2 Å². The molecule has 1 heterocycles. The predicted molar refractivity (Wildman–Crippen MR) is 82.9 cm³/mol. The van der Waals surface area contributed by atoms with Gasteiger partial charge in [-0.15, -0.1) is 0 Å². The lowest BCUT2D eigenvalue weighted by Gasteiger charge is -2.34. The van der Waals surface area contributed by atoms with Crippen LogP contribution in [0, 0.1) is 5.92 Å². The van der Waals surface area contributed by atoms with Crippen molar-refractivity contribution in [3.63, 3.8) is 0 Å². The third kappa shape index (κ3) is 3.60. The Balaban J connectivity index is 2.03. The van der Waals surface area contributed by atoms with Crippen molar-refractivity contribution >= 4 is 33.3 Å². The molecule has 108 valence electrons. The number of amides is 1. The molecule has 1 aromatic carbocycles. The van der Waals surface area contributed by atoms with E-state index in [2.05, 4.69) is 20.8 Å². The summed E-state index contributed by atoms with van der Waals surface area (Å²) in [6.45, 7) is 3.39. The van der Waals surface area contributed by atoms with Crippen molar-refractivity contribution in [3.8, 4) is 0 Å². The molecule has 0 bridgehead atoms. The van der Waals surface area contributed by atoms with E-state index in [1.165, 1.54) is 0 Å². The van der Waals surface area contributed by atoms with Crippen LogP contribution in [0.5, 0.6) is 0 Å². The molecular formula is C15H19BrN2O2. The fraction of sp³-hybridized carbons (Fsp3) is 0.467. The second kappa shape index (κ2) is 6.39. The molecule has 1 saturated heterocycles. The van der Waals surface area contributed by atoms with Crippen LogP contribution < -0.4 is 10.6 Å². The number of hydrogen-bond donors (Lipinski definition) is 1. The van der Waals surface area contributed by atoms with Crippen molar-refractivity contribution < 1.29 is 9.59 Å². The molecule has 0 aliphatic carbocycles. The lowest BCUT2D eigenvalue weighted by atomic mass is 9.93. The van der Waals surface area contributed by atoms with Crippen molar-refractivity contribution in [3.05, 3.63) is 28.2 Å². The zero-order chi connectivity index (χ0) is 14.7. The molecule has 1 aromatic rings. The Morgan fingerprint density at radius 2 is 2.00 bits per heavy atom. The minimum absolute atomic E-state index is 0.0671. The number of ketones is 1. The van der Waals surface area contributed by atoms with Crippen LogP contribution in [0.1, 0.15) is 36.5 Å². The Morgan fingerprint density at radius 1 is 1.35 bits per heavy atom. The maximum Gasteiger partial charge on any atom is 0.217 e. The quantitative estimate of drug-likeness (QED) is 0.858. The van der Waals surface area contributed by atoms with Crippen molar-refractivity contribution in [2.75, 3.05) is 18.0 Å². The Morgan fingerprint density at radius 3 is 2.50 bits per heavy atom. The van der Waals surface area contributed by atoms with E-state index in [0.29, 0.717) is 17.9 Å². The number of carbonyl (C=O) groups is 2. The van der Waals surface area contributed by atoms with E-state index in [4.69, 9.17) is 5.73 Å². The number of Topliss-reactive ketones (excluding diaryl/α,β-unsaturated/α-hetero) is 1. The summed E-state index contributed by atoms with van der Waals surface area (Å²) in [6, 6.07) is 5.71. The van der Waals surface area contributed by atoms with Gasteiger partial charge < -0.3 is 10.6 Å². The minimum atomic E-state index is -0.213. The maximum atomic E-state index is 11.4. The number of nitrogens with zero attached hydrogens (tertiary/aromatic N) is 1. The Kier molecular flexibility index (Phi) is 4.81. The van der Waals surface area contributed by atoms with Gasteiger partial charge in [-0.2, -0.15) is 0 Å². The molecular weight excluding hydrogens is 320 g/mol. The predicted octanol–water partition coefficient (Wildman–Crippen LogP) is 2.74. The number of rotatable bonds is 4. The standard InChI is InChI=1S/C15H19BrN2O2/c1-10(19)12-2-3-14(13(16)9-12)18-6-4-11(5-7-18)8-15(17)20/h2-3,9,11H,4-8H2,1H3,(H2,17,20). The molecule has 0 unspecified atom stereocenters. The monoisotopic (exact) mass is 338 g/mol. The topological polar surface area (TPSA) is 63.4 Å². The molecule has 4 nitrogen and oxygen atoms in total. The van der Waals surface area contributed by atoms with Crippen LogP contribution in [-0.2, 0) is 4.79 Å². The SMILES string of the molecule is CC(=O)c1ccc(N2CCC(CC(N)=O)CC2)c(Br)c1. The second-order valence-electron chi connectivity index (χ2n) is 5.32. The van der Waals surface area contributed by atoms with Gasteiger partial charge in [-0.05, 0) is 59.8 Å². The summed E-state index contributed by atoms with van der Waals surface area (Å²) in [5, 5.41) is 0. The molecule has 0 saturated carbocycles. The third-order valence-corrected chi connectivity index (χ3v) is 4.43. The zero-order valence-corrected chi connectivity index (χ0v) is 13.1. The summed E-state index contributed by atoms with van der Waals surface area (Å²) in [5.74, 6) is 0.256. The van der Waals surface area contributed by atoms with Gasteiger partial charge >= 0.3 is 0 Å². The van der Waals surface area contributed by atoms with Gasteiger partial charge in [0.2, 0.25) is 5.91 Å². The molecule has 0 atom stereocenters. The highest BCUT2D eigenvalue weighted by molar-refractivity contribution is 9.10. The average molecular weight is 339 g/mol. The van der Waals surface area contributed by atoms with Gasteiger partial charge in [0.15, 0.2) is 5.78 Å². The summed E-state index contributed by atoms with van der Waals surface area (Å²) >= 11 is 3.54. The summed E-state index contributed by atoms with van der Waals surface area (Å²) in [6.07, 6.45) is 2.44. The number of nitrogens with two attached hydrogens (primary N) is 1. The van der Waals surface area contributed by atoms with Crippen molar-refractivity contribution in [1.29, 1.82) is 0 Å². The second-order valence-corrected chi connectivity index (χ2v) is 6.18. The lowest BCUT2D eigenvalue weighted by molar-refractivity contribution is -0.119. The fourth-order valence-corrected chi connectivity index (χ4v) is 3.27. The molecule has 2 rings (SSSR count). The van der Waals surface area contributed by atoms with Crippen molar-refractivity contribution in [2.45, 2.75) is 26.2 Å². The average Bonchev–Trinajstić information content (AvgIpc) is 2.39. The highest BCUT2D eigenvalue weighted by Gasteiger charge is 2.22. The number of piperidine rings is 1. The van der Waals surface area contributed by atoms with Crippen LogP contribution in [0.2, 0.25) is 0 Å². The van der Waals surface area contributed by atoms with E-state index < -0.39 is 0 Å². The third-order valence-electron chi connectivity index (χ3n) is 3.80. The van der Waals surface area contributed by atoms with Crippen LogP contribution in [-0.4, -0.2) is 24.8 Å². The van der Waals surface area contributed by atoms with Gasteiger partial charge in [0, 0.05) is 29.5 Å². The van der Waals surface area contributed by atoms with E-state index in [9.17, 15) is 9.59 Å². The largest absolute Gasteiger partial charge is 0.371 e. The van der Waals surface area contributed by atoms with Gasteiger partial charge in [-0.3, -0.25) is 9.59 Å². The molecule has 5 heteroatoms. The highest BCUT2D eigenvalue weighted by Crippen LogP contribution is 2.31. The Labute approximate surface area is 127 Å². The number of benzene rings is 1. The molecule has 0 aromatic heterocycles. The normalized spacial score (nSPS) is 16.2. The summed E-state index contributed by atoms with van der Waals surface area (Å²) < 4.78 is 0.943. The van der Waals surface area contributed by atoms with Gasteiger partial charge in [0.25, 0.3) is 0 Å². The Hall–Kier alpha value is -1.36. The fourth-order valence-electron chi connectivity index (χ4n) is 2.64. The zero-order valence-electron chi connectivity index (χ0n) is 11.6. The summed E-state index contributed by atoms with van der Waals surface area (Å²) in [5.41, 5.74) is 7.06. The molecule has 1 amide bonds. The highest BCUT2D eigenvalue weighted by atomic mass is 79.9. The lowest BCUT2D eigenvalue weighted by Crippen LogP contribution is -2.35. The number of anilines is 1. The van der Waals surface area contributed by atoms with Crippen molar-refractivity contribution in [2.24, 2.45) is 11.7 Å². The van der Waals surface area contributed by atoms with Crippen LogP contribution >= 0.6 is 15.9 Å². The van der Waals surface area contributed by atoms with Gasteiger partial charge in [-0.25, -0.2) is 0 Å². The van der Waals surface area contributed by atoms with Crippen LogP contribution in [0.25, 0.3) is 0 Å². The molecule has 1 fully saturated rings. The Bertz CT molecular complexity index is 523. The molecule has 2 N–H and O–H groups in total. The number of carbonyl (C=O) groups excluding carboxylic acids is 2. The first-order valence-electron chi connectivity index (χ1n) is 6.81. The summed E-state index contributed by atoms with van der Waals surface area (Å²) in [4.78, 5) is 24.6. The molecule has 0 radical (unpaired) electrons. The van der Waals surface area contributed by atoms with Crippen LogP contribution in [0.15, 0.2) is 22.7 Å². The van der Waals surface area contributed by atoms with Crippen LogP contribution in [0.4, 0.5) is 5.69 Å². The summed E-state index contributed by atoms with van der Waals surface area (Å²) in [7, 11) is 0. The first-order chi connectivity index (χ1) is 9.47. The molecule has 20 heavy (non-hydrogen) atoms. The van der Waals surface area contributed by atoms with Crippen molar-refractivity contribution in [1.82, 2.24) is 0 Å². The molecule has 0 spiro atoms. The first kappa shape index (κ1) is 15.0. The number of primary amides is 1. The van der Waals surface area contributed by atoms with Crippen LogP contribution in [0.3, 0.4) is 0 Å². The smallest absolute Gasteiger partial charge is 0.217 e. The molecule has 1 aliphatic rings. The van der Waals surface area contributed by atoms with E-state index in [0.717, 1.165) is 36.1 Å². The van der Waals surface area contributed by atoms with E-state index in [1.54, 1.807) is 6.92 Å². The minimum Gasteiger partial charge on any atom is -0.371 e. The maximum absolute atomic E-state index is 11.4. The van der Waals surface area contributed by atoms with Gasteiger partial charge in [0.1, 0.15) is 0 Å². The van der Waals surface area contributed by atoms with Gasteiger partial charge in [0.05, 0.1) is 5.69 Å². The van der Waals surface area contributed by atoms with Gasteiger partial charge in [-0.1, -0.05) is 0 Å². The van der Waals surface area contributed by atoms with E-state index in [-0.39, 0.29) is 11.7 Å².